The van der Waals surface area contributed by atoms with Crippen LogP contribution in [-0.2, 0) is 0 Å². The van der Waals surface area contributed by atoms with E-state index >= 15 is 0 Å². The van der Waals surface area contributed by atoms with Gasteiger partial charge in [-0.2, -0.15) is 0 Å². The van der Waals surface area contributed by atoms with Crippen LogP contribution in [0, 0.1) is 0 Å². The Hall–Kier alpha value is -1.22. The van der Waals surface area contributed by atoms with Gasteiger partial charge in [0.05, 0.1) is 7.11 Å². The maximum absolute atomic E-state index is 5.69. The van der Waals surface area contributed by atoms with Crippen molar-refractivity contribution in [2.75, 3.05) is 20.7 Å². The van der Waals surface area contributed by atoms with E-state index in [1.54, 1.807) is 7.11 Å². The molecule has 0 aliphatic heterocycles. The standard InChI is InChI=1S/C11H17NO2/c1-9(8-12-2)14-11-7-5-4-6-10(11)13-3/h4-7,9,12H,8H2,1-3H3. The van der Waals surface area contributed by atoms with E-state index in [9.17, 15) is 0 Å². The normalized spacial score (nSPS) is 12.2. The Balaban J connectivity index is 2.65. The van der Waals surface area contributed by atoms with Crippen LogP contribution in [0.1, 0.15) is 6.92 Å². The number of benzene rings is 1. The van der Waals surface area contributed by atoms with E-state index in [4.69, 9.17) is 9.47 Å². The molecule has 14 heavy (non-hydrogen) atoms. The smallest absolute Gasteiger partial charge is 0.161 e. The zero-order valence-corrected chi connectivity index (χ0v) is 8.91. The average molecular weight is 195 g/mol. The number of para-hydroxylation sites is 2. The van der Waals surface area contributed by atoms with E-state index in [0.29, 0.717) is 0 Å². The number of hydrogen-bond acceptors (Lipinski definition) is 3. The van der Waals surface area contributed by atoms with Crippen LogP contribution < -0.4 is 14.8 Å². The third-order valence-corrected chi connectivity index (χ3v) is 1.89. The summed E-state index contributed by atoms with van der Waals surface area (Å²) in [7, 11) is 3.55. The summed E-state index contributed by atoms with van der Waals surface area (Å²) in [5.41, 5.74) is 0. The molecule has 1 unspecified atom stereocenters. The van der Waals surface area contributed by atoms with Gasteiger partial charge < -0.3 is 14.8 Å². The van der Waals surface area contributed by atoms with E-state index in [2.05, 4.69) is 5.32 Å². The second-order valence-corrected chi connectivity index (χ2v) is 3.14. The van der Waals surface area contributed by atoms with Crippen LogP contribution in [0.25, 0.3) is 0 Å². The van der Waals surface area contributed by atoms with Gasteiger partial charge in [-0.15, -0.1) is 0 Å². The van der Waals surface area contributed by atoms with Crippen LogP contribution in [0.5, 0.6) is 11.5 Å². The average Bonchev–Trinajstić information content (AvgIpc) is 2.19. The van der Waals surface area contributed by atoms with Crippen molar-refractivity contribution in [3.63, 3.8) is 0 Å². The maximum Gasteiger partial charge on any atom is 0.161 e. The summed E-state index contributed by atoms with van der Waals surface area (Å²) in [5.74, 6) is 1.56. The molecule has 0 saturated heterocycles. The third kappa shape index (κ3) is 2.92. The SMILES string of the molecule is CNCC(C)Oc1ccccc1OC. The summed E-state index contributed by atoms with van der Waals surface area (Å²) in [6.07, 6.45) is 0.135. The number of hydrogen-bond donors (Lipinski definition) is 1. The van der Waals surface area contributed by atoms with Gasteiger partial charge in [-0.05, 0) is 26.1 Å². The topological polar surface area (TPSA) is 30.5 Å². The molecule has 78 valence electrons. The second kappa shape index (κ2) is 5.50. The lowest BCUT2D eigenvalue weighted by Crippen LogP contribution is -2.26. The third-order valence-electron chi connectivity index (χ3n) is 1.89. The lowest BCUT2D eigenvalue weighted by molar-refractivity contribution is 0.211. The fourth-order valence-corrected chi connectivity index (χ4v) is 1.26. The van der Waals surface area contributed by atoms with Gasteiger partial charge in [-0.25, -0.2) is 0 Å². The highest BCUT2D eigenvalue weighted by molar-refractivity contribution is 5.39. The zero-order valence-electron chi connectivity index (χ0n) is 8.91. The van der Waals surface area contributed by atoms with Crippen molar-refractivity contribution in [3.05, 3.63) is 24.3 Å². The van der Waals surface area contributed by atoms with Gasteiger partial charge in [0.25, 0.3) is 0 Å². The van der Waals surface area contributed by atoms with Crippen LogP contribution in [0.2, 0.25) is 0 Å². The Morgan fingerprint density at radius 2 is 1.93 bits per heavy atom. The second-order valence-electron chi connectivity index (χ2n) is 3.14. The van der Waals surface area contributed by atoms with E-state index in [1.807, 2.05) is 38.2 Å². The molecule has 0 fully saturated rings. The predicted octanol–water partition coefficient (Wildman–Crippen LogP) is 1.68. The van der Waals surface area contributed by atoms with Gasteiger partial charge in [0, 0.05) is 6.54 Å². The highest BCUT2D eigenvalue weighted by Gasteiger charge is 2.06. The summed E-state index contributed by atoms with van der Waals surface area (Å²) in [5, 5.41) is 3.06. The zero-order chi connectivity index (χ0) is 10.4. The number of ether oxygens (including phenoxy) is 2. The number of likely N-dealkylation sites (N-methyl/N-ethyl adjacent to an activating group) is 1. The molecule has 1 N–H and O–H groups in total. The summed E-state index contributed by atoms with van der Waals surface area (Å²) in [4.78, 5) is 0. The monoisotopic (exact) mass is 195 g/mol. The first kappa shape index (κ1) is 10.9. The molecular weight excluding hydrogens is 178 g/mol. The predicted molar refractivity (Wildman–Crippen MR) is 57.0 cm³/mol. The number of methoxy groups -OCH3 is 1. The molecule has 1 aromatic carbocycles. The first-order chi connectivity index (χ1) is 6.77. The molecule has 0 aliphatic carbocycles. The molecule has 0 radical (unpaired) electrons. The number of rotatable bonds is 5. The van der Waals surface area contributed by atoms with E-state index in [1.165, 1.54) is 0 Å². The van der Waals surface area contributed by atoms with Crippen molar-refractivity contribution in [2.45, 2.75) is 13.0 Å². The van der Waals surface area contributed by atoms with Crippen LogP contribution in [-0.4, -0.2) is 26.8 Å². The van der Waals surface area contributed by atoms with Gasteiger partial charge in [-0.1, -0.05) is 12.1 Å². The maximum atomic E-state index is 5.69. The van der Waals surface area contributed by atoms with Crippen LogP contribution >= 0.6 is 0 Å². The van der Waals surface area contributed by atoms with Gasteiger partial charge >= 0.3 is 0 Å². The number of nitrogens with one attached hydrogen (secondary N) is 1. The van der Waals surface area contributed by atoms with Crippen LogP contribution in [0.3, 0.4) is 0 Å². The summed E-state index contributed by atoms with van der Waals surface area (Å²) < 4.78 is 10.9. The minimum Gasteiger partial charge on any atom is -0.493 e. The molecule has 1 atom stereocenters. The molecule has 3 heteroatoms. The van der Waals surface area contributed by atoms with Gasteiger partial charge in [0.2, 0.25) is 0 Å². The molecule has 1 rings (SSSR count). The molecule has 0 bridgehead atoms. The highest BCUT2D eigenvalue weighted by Crippen LogP contribution is 2.26. The highest BCUT2D eigenvalue weighted by atomic mass is 16.5. The van der Waals surface area contributed by atoms with Gasteiger partial charge in [-0.3, -0.25) is 0 Å². The summed E-state index contributed by atoms with van der Waals surface area (Å²) in [6.45, 7) is 2.83. The Morgan fingerprint density at radius 1 is 1.29 bits per heavy atom. The molecule has 0 aromatic heterocycles. The molecule has 0 saturated carbocycles. The molecule has 0 amide bonds. The fraction of sp³-hybridized carbons (Fsp3) is 0.455. The molecule has 0 spiro atoms. The summed E-state index contributed by atoms with van der Waals surface area (Å²) in [6, 6.07) is 7.66. The molecular formula is C11H17NO2. The Bertz CT molecular complexity index is 276. The lowest BCUT2D eigenvalue weighted by atomic mass is 10.3. The first-order valence-electron chi connectivity index (χ1n) is 4.72. The molecule has 0 aliphatic rings. The summed E-state index contributed by atoms with van der Waals surface area (Å²) >= 11 is 0. The van der Waals surface area contributed by atoms with Crippen molar-refractivity contribution in [1.82, 2.24) is 5.32 Å². The molecule has 3 nitrogen and oxygen atoms in total. The Morgan fingerprint density at radius 3 is 2.50 bits per heavy atom. The quantitative estimate of drug-likeness (QED) is 0.775. The minimum absolute atomic E-state index is 0.135. The van der Waals surface area contributed by atoms with E-state index in [0.717, 1.165) is 18.0 Å². The van der Waals surface area contributed by atoms with Crippen molar-refractivity contribution < 1.29 is 9.47 Å². The van der Waals surface area contributed by atoms with Crippen LogP contribution in [0.15, 0.2) is 24.3 Å². The van der Waals surface area contributed by atoms with Crippen molar-refractivity contribution >= 4 is 0 Å². The first-order valence-corrected chi connectivity index (χ1v) is 4.72. The van der Waals surface area contributed by atoms with Crippen molar-refractivity contribution in [1.29, 1.82) is 0 Å². The molecule has 0 heterocycles. The van der Waals surface area contributed by atoms with Gasteiger partial charge in [0.1, 0.15) is 6.10 Å². The van der Waals surface area contributed by atoms with Crippen molar-refractivity contribution in [3.8, 4) is 11.5 Å². The minimum atomic E-state index is 0.135. The Kier molecular flexibility index (Phi) is 4.26. The molecule has 1 aromatic rings. The fourth-order valence-electron chi connectivity index (χ4n) is 1.26. The van der Waals surface area contributed by atoms with E-state index in [-0.39, 0.29) is 6.10 Å². The Labute approximate surface area is 85.0 Å². The van der Waals surface area contributed by atoms with Crippen molar-refractivity contribution in [2.24, 2.45) is 0 Å². The van der Waals surface area contributed by atoms with E-state index < -0.39 is 0 Å². The van der Waals surface area contributed by atoms with Gasteiger partial charge in [0.15, 0.2) is 11.5 Å². The largest absolute Gasteiger partial charge is 0.493 e. The lowest BCUT2D eigenvalue weighted by Gasteiger charge is -2.16. The van der Waals surface area contributed by atoms with Crippen LogP contribution in [0.4, 0.5) is 0 Å².